The van der Waals surface area contributed by atoms with Crippen molar-refractivity contribution in [3.8, 4) is 11.5 Å². The number of rotatable bonds is 10. The van der Waals surface area contributed by atoms with Crippen LogP contribution < -0.4 is 9.05 Å². The predicted octanol–water partition coefficient (Wildman–Crippen LogP) is 6.76. The maximum absolute atomic E-state index is 12.4. The normalized spacial score (nSPS) is 12.0. The first kappa shape index (κ1) is 21.9. The summed E-state index contributed by atoms with van der Waals surface area (Å²) >= 11 is 0. The van der Waals surface area contributed by atoms with E-state index in [-0.39, 0.29) is 0 Å². The van der Waals surface area contributed by atoms with Gasteiger partial charge < -0.3 is 9.05 Å². The quantitative estimate of drug-likeness (QED) is 0.409. The summed E-state index contributed by atoms with van der Waals surface area (Å²) in [6.45, 7) is 8.11. The highest BCUT2D eigenvalue weighted by Crippen LogP contribution is 2.46. The second kappa shape index (κ2) is 9.67. The molecule has 0 saturated carbocycles. The van der Waals surface area contributed by atoms with Crippen molar-refractivity contribution in [2.45, 2.75) is 34.1 Å². The van der Waals surface area contributed by atoms with Crippen LogP contribution >= 0.6 is 14.5 Å². The van der Waals surface area contributed by atoms with Crippen molar-refractivity contribution >= 4 is 20.8 Å². The zero-order chi connectivity index (χ0) is 19.9. The van der Waals surface area contributed by atoms with Gasteiger partial charge in [0.25, 0.3) is 0 Å². The van der Waals surface area contributed by atoms with E-state index in [4.69, 9.17) is 9.05 Å². The van der Waals surface area contributed by atoms with Gasteiger partial charge in [0.05, 0.1) is 0 Å². The van der Waals surface area contributed by atoms with Crippen LogP contribution in [0, 0.1) is 0 Å². The third-order valence-electron chi connectivity index (χ3n) is 4.94. The number of hydrogen-bond acceptors (Lipinski definition) is 3. The highest BCUT2D eigenvalue weighted by molar-refractivity contribution is 7.69. The Morgan fingerprint density at radius 1 is 0.704 bits per heavy atom. The highest BCUT2D eigenvalue weighted by Gasteiger charge is 2.18. The molecule has 148 valence electrons. The SMILES string of the molecule is C=P(CC)(CC)Oc1ccc(Cc2ccc(OP(=O)(CC)CC)cc2)cc1. The van der Waals surface area contributed by atoms with Crippen LogP contribution in [0.3, 0.4) is 0 Å². The van der Waals surface area contributed by atoms with Crippen molar-refractivity contribution in [3.05, 3.63) is 59.7 Å². The molecule has 0 fully saturated rings. The molecule has 0 aliphatic heterocycles. The lowest BCUT2D eigenvalue weighted by atomic mass is 10.1. The molecule has 0 radical (unpaired) electrons. The first-order chi connectivity index (χ1) is 12.8. The summed E-state index contributed by atoms with van der Waals surface area (Å²) in [6.07, 6.45) is 8.24. The average molecular weight is 406 g/mol. The smallest absolute Gasteiger partial charge is 0.247 e. The van der Waals surface area contributed by atoms with Crippen LogP contribution in [0.2, 0.25) is 0 Å². The molecule has 0 aliphatic carbocycles. The Labute approximate surface area is 164 Å². The van der Waals surface area contributed by atoms with Gasteiger partial charge in [-0.2, -0.15) is 0 Å². The molecule has 0 aromatic heterocycles. The second-order valence-electron chi connectivity index (χ2n) is 6.78. The van der Waals surface area contributed by atoms with E-state index >= 15 is 0 Å². The highest BCUT2D eigenvalue weighted by atomic mass is 31.2. The van der Waals surface area contributed by atoms with Crippen molar-refractivity contribution in [1.29, 1.82) is 0 Å². The summed E-state index contributed by atoms with van der Waals surface area (Å²) in [6, 6.07) is 16.2. The van der Waals surface area contributed by atoms with Gasteiger partial charge in [-0.15, -0.1) is 0 Å². The van der Waals surface area contributed by atoms with E-state index in [1.807, 2.05) is 50.2 Å². The van der Waals surface area contributed by atoms with Gasteiger partial charge >= 0.3 is 0 Å². The Kier molecular flexibility index (Phi) is 7.83. The monoisotopic (exact) mass is 406 g/mol. The van der Waals surface area contributed by atoms with E-state index in [2.05, 4.69) is 32.3 Å². The van der Waals surface area contributed by atoms with Gasteiger partial charge in [0, 0.05) is 19.4 Å². The van der Waals surface area contributed by atoms with Crippen LogP contribution in [0.1, 0.15) is 38.8 Å². The number of benzene rings is 2. The maximum Gasteiger partial charge on any atom is 0.247 e. The minimum atomic E-state index is -2.53. The van der Waals surface area contributed by atoms with E-state index in [1.54, 1.807) is 0 Å². The van der Waals surface area contributed by atoms with Crippen molar-refractivity contribution < 1.29 is 13.6 Å². The molecular weight excluding hydrogens is 374 g/mol. The third kappa shape index (κ3) is 6.30. The molecule has 0 unspecified atom stereocenters. The second-order valence-corrected chi connectivity index (χ2v) is 13.4. The minimum absolute atomic E-state index is 0.562. The van der Waals surface area contributed by atoms with Crippen molar-refractivity contribution in [2.75, 3.05) is 24.6 Å². The molecule has 0 bridgehead atoms. The lowest BCUT2D eigenvalue weighted by Gasteiger charge is -2.22. The molecular formula is C22H32O3P2. The predicted molar refractivity (Wildman–Crippen MR) is 121 cm³/mol. The first-order valence-corrected chi connectivity index (χ1v) is 14.0. The standard InChI is InChI=1S/C22H32O3P2/c1-6-26(5,7-2)24-21-14-10-19(11-15-21)18-20-12-16-22(17-13-20)25-27(23,8-3)9-4/h10-17H,5-9,18H2,1-4H3. The van der Waals surface area contributed by atoms with Crippen molar-refractivity contribution in [2.24, 2.45) is 0 Å². The lowest BCUT2D eigenvalue weighted by molar-refractivity contribution is 0.483. The topological polar surface area (TPSA) is 35.5 Å². The molecule has 0 amide bonds. The van der Waals surface area contributed by atoms with E-state index in [1.165, 1.54) is 11.1 Å². The molecule has 3 nitrogen and oxygen atoms in total. The summed E-state index contributed by atoms with van der Waals surface area (Å²) in [5, 5.41) is 0. The van der Waals surface area contributed by atoms with Gasteiger partial charge in [-0.25, -0.2) is 0 Å². The van der Waals surface area contributed by atoms with Gasteiger partial charge in [0.1, 0.15) is 11.5 Å². The number of hydrogen-bond donors (Lipinski definition) is 0. The molecule has 0 atom stereocenters. The van der Waals surface area contributed by atoms with Crippen molar-refractivity contribution in [1.82, 2.24) is 0 Å². The van der Waals surface area contributed by atoms with Crippen LogP contribution in [0.4, 0.5) is 0 Å². The first-order valence-electron chi connectivity index (χ1n) is 9.72. The van der Waals surface area contributed by atoms with Crippen LogP contribution in [0.25, 0.3) is 0 Å². The summed E-state index contributed by atoms with van der Waals surface area (Å²) in [4.78, 5) is 0. The Morgan fingerprint density at radius 3 is 1.48 bits per heavy atom. The van der Waals surface area contributed by atoms with Crippen LogP contribution in [-0.4, -0.2) is 30.9 Å². The van der Waals surface area contributed by atoms with Gasteiger partial charge in [0.15, 0.2) is 0 Å². The molecule has 0 N–H and O–H groups in total. The van der Waals surface area contributed by atoms with E-state index in [0.717, 1.165) is 24.5 Å². The average Bonchev–Trinajstić information content (AvgIpc) is 2.70. The molecule has 27 heavy (non-hydrogen) atoms. The Bertz CT molecular complexity index is 725. The maximum atomic E-state index is 12.4. The fraction of sp³-hybridized carbons (Fsp3) is 0.409. The Hall–Kier alpha value is -1.43. The Balaban J connectivity index is 2.01. The molecule has 0 heterocycles. The molecule has 0 saturated heterocycles. The molecule has 2 aromatic carbocycles. The van der Waals surface area contributed by atoms with E-state index in [0.29, 0.717) is 18.1 Å². The van der Waals surface area contributed by atoms with Gasteiger partial charge in [-0.05, 0) is 54.1 Å². The fourth-order valence-electron chi connectivity index (χ4n) is 2.69. The van der Waals surface area contributed by atoms with Gasteiger partial charge in [-0.3, -0.25) is 4.57 Å². The lowest BCUT2D eigenvalue weighted by Crippen LogP contribution is -1.99. The minimum Gasteiger partial charge on any atom is -0.478 e. The largest absolute Gasteiger partial charge is 0.478 e. The molecule has 0 aliphatic rings. The van der Waals surface area contributed by atoms with Crippen LogP contribution in [-0.2, 0) is 11.0 Å². The van der Waals surface area contributed by atoms with Crippen LogP contribution in [0.15, 0.2) is 48.5 Å². The van der Waals surface area contributed by atoms with Crippen LogP contribution in [0.5, 0.6) is 11.5 Å². The summed E-state index contributed by atoms with van der Waals surface area (Å²) < 4.78 is 24.3. The van der Waals surface area contributed by atoms with Gasteiger partial charge in [-0.1, -0.05) is 58.3 Å². The summed E-state index contributed by atoms with van der Waals surface area (Å²) in [7, 11) is -4.08. The zero-order valence-electron chi connectivity index (χ0n) is 17.0. The van der Waals surface area contributed by atoms with E-state index < -0.39 is 14.5 Å². The third-order valence-corrected chi connectivity index (χ3v) is 10.3. The molecule has 0 spiro atoms. The fourth-order valence-corrected chi connectivity index (χ4v) is 5.18. The molecule has 2 aromatic rings. The van der Waals surface area contributed by atoms with Gasteiger partial charge in [0.2, 0.25) is 7.37 Å². The summed E-state index contributed by atoms with van der Waals surface area (Å²) in [5.74, 6) is 1.59. The van der Waals surface area contributed by atoms with Crippen molar-refractivity contribution in [3.63, 3.8) is 0 Å². The van der Waals surface area contributed by atoms with E-state index in [9.17, 15) is 4.57 Å². The molecule has 2 rings (SSSR count). The summed E-state index contributed by atoms with van der Waals surface area (Å²) in [5.41, 5.74) is 2.42. The molecule has 5 heteroatoms. The Morgan fingerprint density at radius 2 is 1.11 bits per heavy atom. The zero-order valence-corrected chi connectivity index (χ0v) is 18.8.